The number of unbranched alkanes of at least 4 members (excludes halogenated alkanes) is 16. The van der Waals surface area contributed by atoms with Gasteiger partial charge in [0, 0.05) is 12.3 Å². The van der Waals surface area contributed by atoms with Crippen LogP contribution in [-0.4, -0.2) is 31.2 Å². The molecular weight excluding hydrogens is 386 g/mol. The minimum atomic E-state index is 0.623. The summed E-state index contributed by atoms with van der Waals surface area (Å²) in [6, 6.07) is 0.623. The average molecular weight is 451 g/mol. The Hall–Kier alpha value is -0.300. The number of hydrogen-bond acceptors (Lipinski definition) is 0. The second-order valence-electron chi connectivity index (χ2n) is 11.3. The standard InChI is InChI=1S/C31H64N/c1-7-11-13-14-15-16-17-18-19-20-21-22-23-24-25-26-28-31(10-4)32(5,6)29-30(9-3)27-12-8-2/h10,30-31H,4,7-9,11-29H2,1-3,5-6H3/q+1. The lowest BCUT2D eigenvalue weighted by molar-refractivity contribution is -0.912. The van der Waals surface area contributed by atoms with E-state index in [4.69, 9.17) is 0 Å². The zero-order valence-electron chi connectivity index (χ0n) is 23.4. The fraction of sp³-hybridized carbons (Fsp3) is 0.935. The Bertz CT molecular complexity index is 386. The molecule has 1 nitrogen and oxygen atoms in total. The number of quaternary nitrogens is 1. The van der Waals surface area contributed by atoms with Crippen molar-refractivity contribution in [3.8, 4) is 0 Å². The van der Waals surface area contributed by atoms with Gasteiger partial charge in [-0.1, -0.05) is 137 Å². The van der Waals surface area contributed by atoms with Crippen LogP contribution < -0.4 is 0 Å². The summed E-state index contributed by atoms with van der Waals surface area (Å²) in [6.07, 6.45) is 32.2. The highest BCUT2D eigenvalue weighted by Gasteiger charge is 2.28. The monoisotopic (exact) mass is 451 g/mol. The summed E-state index contributed by atoms with van der Waals surface area (Å²) in [6.45, 7) is 12.5. The Morgan fingerprint density at radius 1 is 0.562 bits per heavy atom. The van der Waals surface area contributed by atoms with Gasteiger partial charge >= 0.3 is 0 Å². The molecule has 1 heteroatoms. The Kier molecular flexibility index (Phi) is 22.3. The third-order valence-electron chi connectivity index (χ3n) is 7.80. The molecule has 32 heavy (non-hydrogen) atoms. The van der Waals surface area contributed by atoms with E-state index >= 15 is 0 Å². The molecular formula is C31H64N+. The van der Waals surface area contributed by atoms with Gasteiger partial charge in [-0.15, -0.1) is 0 Å². The van der Waals surface area contributed by atoms with E-state index in [2.05, 4.69) is 47.5 Å². The van der Waals surface area contributed by atoms with Crippen LogP contribution >= 0.6 is 0 Å². The van der Waals surface area contributed by atoms with Crippen molar-refractivity contribution in [2.75, 3.05) is 20.6 Å². The van der Waals surface area contributed by atoms with Gasteiger partial charge < -0.3 is 4.48 Å². The molecule has 0 saturated carbocycles. The fourth-order valence-electron chi connectivity index (χ4n) is 5.37. The van der Waals surface area contributed by atoms with Crippen LogP contribution in [0.15, 0.2) is 12.7 Å². The molecule has 2 atom stereocenters. The number of nitrogens with zero attached hydrogens (tertiary/aromatic N) is 1. The van der Waals surface area contributed by atoms with E-state index in [1.54, 1.807) is 0 Å². The summed E-state index contributed by atoms with van der Waals surface area (Å²) in [7, 11) is 4.88. The molecule has 0 aromatic heterocycles. The zero-order chi connectivity index (χ0) is 23.9. The second-order valence-corrected chi connectivity index (χ2v) is 11.3. The van der Waals surface area contributed by atoms with Gasteiger partial charge in [-0.25, -0.2) is 0 Å². The Balaban J connectivity index is 3.67. The molecule has 0 aromatic carbocycles. The molecule has 0 radical (unpaired) electrons. The third-order valence-corrected chi connectivity index (χ3v) is 7.80. The molecule has 0 saturated heterocycles. The second kappa shape index (κ2) is 22.5. The zero-order valence-corrected chi connectivity index (χ0v) is 23.4. The van der Waals surface area contributed by atoms with Crippen LogP contribution in [0.3, 0.4) is 0 Å². The van der Waals surface area contributed by atoms with E-state index < -0.39 is 0 Å². The van der Waals surface area contributed by atoms with Gasteiger partial charge in [-0.3, -0.25) is 0 Å². The summed E-state index contributed by atoms with van der Waals surface area (Å²) >= 11 is 0. The quantitative estimate of drug-likeness (QED) is 0.0736. The number of likely N-dealkylation sites (N-methyl/N-ethyl adjacent to an activating group) is 1. The van der Waals surface area contributed by atoms with Gasteiger partial charge in [0.15, 0.2) is 0 Å². The van der Waals surface area contributed by atoms with Crippen molar-refractivity contribution >= 4 is 0 Å². The first-order valence-corrected chi connectivity index (χ1v) is 15.0. The SMILES string of the molecule is C=CC(CCCCCCCCCCCCCCCCCC)[N+](C)(C)CC(CC)CCCC. The minimum absolute atomic E-state index is 0.623. The largest absolute Gasteiger partial charge is 0.323 e. The van der Waals surface area contributed by atoms with Crippen LogP contribution in [0.5, 0.6) is 0 Å². The molecule has 192 valence electrons. The summed E-state index contributed by atoms with van der Waals surface area (Å²) < 4.78 is 1.13. The molecule has 0 aliphatic carbocycles. The minimum Gasteiger partial charge on any atom is -0.323 e. The highest BCUT2D eigenvalue weighted by molar-refractivity contribution is 4.80. The molecule has 0 bridgehead atoms. The third kappa shape index (κ3) is 18.2. The van der Waals surface area contributed by atoms with Gasteiger partial charge in [-0.05, 0) is 25.3 Å². The van der Waals surface area contributed by atoms with E-state index in [9.17, 15) is 0 Å². The van der Waals surface area contributed by atoms with E-state index in [0.717, 1.165) is 10.4 Å². The Morgan fingerprint density at radius 2 is 0.969 bits per heavy atom. The van der Waals surface area contributed by atoms with Crippen molar-refractivity contribution in [2.45, 2.75) is 162 Å². The predicted octanol–water partition coefficient (Wildman–Crippen LogP) is 10.5. The average Bonchev–Trinajstić information content (AvgIpc) is 2.78. The Morgan fingerprint density at radius 3 is 1.34 bits per heavy atom. The molecule has 2 unspecified atom stereocenters. The fourth-order valence-corrected chi connectivity index (χ4v) is 5.37. The van der Waals surface area contributed by atoms with Crippen LogP contribution in [0.4, 0.5) is 0 Å². The first kappa shape index (κ1) is 31.7. The molecule has 0 aromatic rings. The van der Waals surface area contributed by atoms with Crippen LogP contribution in [0, 0.1) is 5.92 Å². The summed E-state index contributed by atoms with van der Waals surface area (Å²) in [5.74, 6) is 0.873. The van der Waals surface area contributed by atoms with E-state index in [0.29, 0.717) is 6.04 Å². The van der Waals surface area contributed by atoms with Gasteiger partial charge in [-0.2, -0.15) is 0 Å². The topological polar surface area (TPSA) is 0 Å². The number of rotatable bonds is 25. The summed E-state index contributed by atoms with van der Waals surface area (Å²) in [4.78, 5) is 0. The smallest absolute Gasteiger partial charge is 0.107 e. The predicted molar refractivity (Wildman–Crippen MR) is 148 cm³/mol. The molecule has 0 amide bonds. The maximum atomic E-state index is 4.20. The van der Waals surface area contributed by atoms with E-state index in [1.807, 2.05) is 0 Å². The van der Waals surface area contributed by atoms with Crippen LogP contribution in [0.2, 0.25) is 0 Å². The van der Waals surface area contributed by atoms with Gasteiger partial charge in [0.05, 0.1) is 20.6 Å². The van der Waals surface area contributed by atoms with E-state index in [1.165, 1.54) is 141 Å². The first-order valence-electron chi connectivity index (χ1n) is 15.0. The molecule has 0 aliphatic heterocycles. The normalized spacial score (nSPS) is 13.9. The lowest BCUT2D eigenvalue weighted by Gasteiger charge is -2.39. The highest BCUT2D eigenvalue weighted by Crippen LogP contribution is 2.23. The van der Waals surface area contributed by atoms with Crippen LogP contribution in [-0.2, 0) is 0 Å². The van der Waals surface area contributed by atoms with Crippen molar-refractivity contribution in [2.24, 2.45) is 5.92 Å². The molecule has 0 heterocycles. The molecule has 0 aliphatic rings. The van der Waals surface area contributed by atoms with Gasteiger partial charge in [0.1, 0.15) is 6.04 Å². The summed E-state index contributed by atoms with van der Waals surface area (Å²) in [5, 5.41) is 0. The van der Waals surface area contributed by atoms with Crippen LogP contribution in [0.1, 0.15) is 156 Å². The van der Waals surface area contributed by atoms with Crippen molar-refractivity contribution in [1.29, 1.82) is 0 Å². The Labute approximate surface area is 205 Å². The molecule has 0 spiro atoms. The van der Waals surface area contributed by atoms with Crippen molar-refractivity contribution in [3.05, 3.63) is 12.7 Å². The molecule has 0 fully saturated rings. The highest BCUT2D eigenvalue weighted by atomic mass is 15.3. The number of hydrogen-bond donors (Lipinski definition) is 0. The lowest BCUT2D eigenvalue weighted by Crippen LogP contribution is -2.50. The molecule has 0 rings (SSSR count). The van der Waals surface area contributed by atoms with Gasteiger partial charge in [0.25, 0.3) is 0 Å². The van der Waals surface area contributed by atoms with Crippen molar-refractivity contribution < 1.29 is 4.48 Å². The van der Waals surface area contributed by atoms with E-state index in [-0.39, 0.29) is 0 Å². The van der Waals surface area contributed by atoms with Gasteiger partial charge in [0.2, 0.25) is 0 Å². The van der Waals surface area contributed by atoms with Crippen molar-refractivity contribution in [1.82, 2.24) is 0 Å². The lowest BCUT2D eigenvalue weighted by atomic mass is 9.95. The summed E-state index contributed by atoms with van der Waals surface area (Å²) in [5.41, 5.74) is 0. The van der Waals surface area contributed by atoms with Crippen LogP contribution in [0.25, 0.3) is 0 Å². The maximum absolute atomic E-state index is 4.20. The molecule has 0 N–H and O–H groups in total. The first-order chi connectivity index (χ1) is 15.5. The van der Waals surface area contributed by atoms with Crippen molar-refractivity contribution in [3.63, 3.8) is 0 Å². The maximum Gasteiger partial charge on any atom is 0.107 e.